The van der Waals surface area contributed by atoms with Gasteiger partial charge in [-0.1, -0.05) is 18.2 Å². The minimum Gasteiger partial charge on any atom is -0.455 e. The monoisotopic (exact) mass is 260 g/mol. The van der Waals surface area contributed by atoms with Gasteiger partial charge in [0.05, 0.1) is 12.4 Å². The molecule has 1 aliphatic rings. The highest BCUT2D eigenvalue weighted by Gasteiger charge is 2.17. The van der Waals surface area contributed by atoms with Crippen LogP contribution in [-0.2, 0) is 12.8 Å². The van der Waals surface area contributed by atoms with Crippen LogP contribution in [0.25, 0.3) is 0 Å². The molecule has 100 valence electrons. The Kier molecular flexibility index (Phi) is 4.47. The zero-order chi connectivity index (χ0) is 13.7. The van der Waals surface area contributed by atoms with Crippen LogP contribution in [0.4, 0.5) is 4.39 Å². The Morgan fingerprint density at radius 1 is 1.11 bits per heavy atom. The Morgan fingerprint density at radius 2 is 1.84 bits per heavy atom. The molecular formula is C15H17FN2O. The van der Waals surface area contributed by atoms with E-state index < -0.39 is 0 Å². The Balaban J connectivity index is 0.000000408. The van der Waals surface area contributed by atoms with Crippen molar-refractivity contribution in [1.29, 1.82) is 0 Å². The summed E-state index contributed by atoms with van der Waals surface area (Å²) in [5, 5.41) is 2.75. The first-order chi connectivity index (χ1) is 9.26. The zero-order valence-electron chi connectivity index (χ0n) is 11.1. The highest BCUT2D eigenvalue weighted by atomic mass is 19.1. The van der Waals surface area contributed by atoms with Crippen LogP contribution in [0.3, 0.4) is 0 Å². The number of nitrogens with zero attached hydrogens (tertiary/aromatic N) is 1. The normalized spacial score (nSPS) is 12.2. The molecule has 0 saturated carbocycles. The van der Waals surface area contributed by atoms with Crippen LogP contribution in [0.15, 0.2) is 36.7 Å². The van der Waals surface area contributed by atoms with Gasteiger partial charge in [-0.2, -0.15) is 0 Å². The van der Waals surface area contributed by atoms with E-state index in [1.54, 1.807) is 6.20 Å². The van der Waals surface area contributed by atoms with Crippen molar-refractivity contribution in [1.82, 2.24) is 10.3 Å². The molecule has 0 fully saturated rings. The molecule has 2 heterocycles. The lowest BCUT2D eigenvalue weighted by Crippen LogP contribution is -1.94. The van der Waals surface area contributed by atoms with E-state index in [0.717, 1.165) is 17.7 Å². The molecule has 0 spiro atoms. The lowest BCUT2D eigenvalue weighted by atomic mass is 10.1. The summed E-state index contributed by atoms with van der Waals surface area (Å²) in [4.78, 5) is 3.81. The average molecular weight is 260 g/mol. The van der Waals surface area contributed by atoms with E-state index in [1.807, 2.05) is 38.4 Å². The fourth-order valence-corrected chi connectivity index (χ4v) is 1.96. The summed E-state index contributed by atoms with van der Waals surface area (Å²) in [6.07, 6.45) is 4.25. The van der Waals surface area contributed by atoms with E-state index in [9.17, 15) is 4.39 Å². The fraction of sp³-hybridized carbons (Fsp3) is 0.267. The molecule has 2 aromatic rings. The van der Waals surface area contributed by atoms with Gasteiger partial charge in [-0.25, -0.2) is 4.39 Å². The van der Waals surface area contributed by atoms with Crippen molar-refractivity contribution in [3.05, 3.63) is 53.6 Å². The van der Waals surface area contributed by atoms with Crippen LogP contribution in [0.5, 0.6) is 11.5 Å². The molecule has 0 amide bonds. The summed E-state index contributed by atoms with van der Waals surface area (Å²) in [7, 11) is 3.75. The summed E-state index contributed by atoms with van der Waals surface area (Å²) in [5.74, 6) is 1.05. The topological polar surface area (TPSA) is 34.2 Å². The SMILES string of the molecule is CNC.Fc1cncc2c1CCc1ccccc1O2. The van der Waals surface area contributed by atoms with Crippen LogP contribution in [-0.4, -0.2) is 19.1 Å². The number of pyridine rings is 1. The summed E-state index contributed by atoms with van der Waals surface area (Å²) < 4.78 is 19.2. The highest BCUT2D eigenvalue weighted by molar-refractivity contribution is 5.43. The van der Waals surface area contributed by atoms with Crippen LogP contribution in [0.1, 0.15) is 11.1 Å². The molecule has 1 N–H and O–H groups in total. The second kappa shape index (κ2) is 6.29. The van der Waals surface area contributed by atoms with Crippen LogP contribution in [0, 0.1) is 5.82 Å². The first-order valence-corrected chi connectivity index (χ1v) is 6.23. The summed E-state index contributed by atoms with van der Waals surface area (Å²) in [5.41, 5.74) is 1.73. The molecule has 0 saturated heterocycles. The third-order valence-corrected chi connectivity index (χ3v) is 2.80. The molecule has 3 rings (SSSR count). The Morgan fingerprint density at radius 3 is 2.63 bits per heavy atom. The molecule has 3 nitrogen and oxygen atoms in total. The largest absolute Gasteiger partial charge is 0.455 e. The minimum absolute atomic E-state index is 0.287. The van der Waals surface area contributed by atoms with E-state index in [2.05, 4.69) is 10.3 Å². The average Bonchev–Trinajstić information content (AvgIpc) is 2.59. The molecule has 1 aliphatic heterocycles. The Labute approximate surface area is 112 Å². The van der Waals surface area contributed by atoms with Crippen molar-refractivity contribution in [3.63, 3.8) is 0 Å². The van der Waals surface area contributed by atoms with Crippen LogP contribution in [0.2, 0.25) is 0 Å². The van der Waals surface area contributed by atoms with Crippen LogP contribution >= 0.6 is 0 Å². The predicted octanol–water partition coefficient (Wildman–Crippen LogP) is 2.95. The molecular weight excluding hydrogens is 243 g/mol. The lowest BCUT2D eigenvalue weighted by Gasteiger charge is -2.07. The number of hydrogen-bond donors (Lipinski definition) is 1. The second-order valence-corrected chi connectivity index (χ2v) is 4.31. The summed E-state index contributed by atoms with van der Waals surface area (Å²) >= 11 is 0. The van der Waals surface area contributed by atoms with Gasteiger partial charge in [0.15, 0.2) is 5.75 Å². The zero-order valence-corrected chi connectivity index (χ0v) is 11.1. The van der Waals surface area contributed by atoms with Gasteiger partial charge in [0.1, 0.15) is 11.6 Å². The molecule has 1 aromatic carbocycles. The molecule has 1 aromatic heterocycles. The van der Waals surface area contributed by atoms with E-state index in [0.29, 0.717) is 17.7 Å². The van der Waals surface area contributed by atoms with Gasteiger partial charge in [-0.05, 0) is 38.6 Å². The standard InChI is InChI=1S/C13H10FNO.C2H7N/c14-11-7-15-8-13-10(11)6-5-9-3-1-2-4-12(9)16-13;1-3-2/h1-4,7-8H,5-6H2;3H,1-2H3. The number of hydrogen-bond acceptors (Lipinski definition) is 3. The van der Waals surface area contributed by atoms with Crippen molar-refractivity contribution >= 4 is 0 Å². The number of nitrogens with one attached hydrogen (secondary N) is 1. The number of aromatic nitrogens is 1. The maximum absolute atomic E-state index is 13.5. The van der Waals surface area contributed by atoms with Crippen molar-refractivity contribution in [2.45, 2.75) is 12.8 Å². The number of fused-ring (bicyclic) bond motifs is 2. The van der Waals surface area contributed by atoms with E-state index >= 15 is 0 Å². The molecule has 4 heteroatoms. The van der Waals surface area contributed by atoms with Gasteiger partial charge in [-0.15, -0.1) is 0 Å². The second-order valence-electron chi connectivity index (χ2n) is 4.31. The van der Waals surface area contributed by atoms with Crippen molar-refractivity contribution in [2.24, 2.45) is 0 Å². The third-order valence-electron chi connectivity index (χ3n) is 2.80. The maximum atomic E-state index is 13.5. The molecule has 0 radical (unpaired) electrons. The van der Waals surface area contributed by atoms with Gasteiger partial charge in [0.25, 0.3) is 0 Å². The van der Waals surface area contributed by atoms with Gasteiger partial charge in [0.2, 0.25) is 0 Å². The molecule has 19 heavy (non-hydrogen) atoms. The smallest absolute Gasteiger partial charge is 0.151 e. The number of rotatable bonds is 0. The van der Waals surface area contributed by atoms with Crippen LogP contribution < -0.4 is 10.1 Å². The molecule has 0 bridgehead atoms. The number of ether oxygens (including phenoxy) is 1. The predicted molar refractivity (Wildman–Crippen MR) is 73.1 cm³/mol. The quantitative estimate of drug-likeness (QED) is 0.790. The van der Waals surface area contributed by atoms with Crippen molar-refractivity contribution in [3.8, 4) is 11.5 Å². The van der Waals surface area contributed by atoms with E-state index in [1.165, 1.54) is 6.20 Å². The number of aryl methyl sites for hydroxylation is 1. The molecule has 0 atom stereocenters. The summed E-state index contributed by atoms with van der Waals surface area (Å²) in [6.45, 7) is 0. The summed E-state index contributed by atoms with van der Waals surface area (Å²) in [6, 6.07) is 7.78. The van der Waals surface area contributed by atoms with Gasteiger partial charge in [-0.3, -0.25) is 4.98 Å². The number of benzene rings is 1. The minimum atomic E-state index is -0.287. The third kappa shape index (κ3) is 3.09. The van der Waals surface area contributed by atoms with Crippen molar-refractivity contribution < 1.29 is 9.13 Å². The maximum Gasteiger partial charge on any atom is 0.151 e. The number of para-hydroxylation sites is 1. The molecule has 0 unspecified atom stereocenters. The fourth-order valence-electron chi connectivity index (χ4n) is 1.96. The Bertz CT molecular complexity index is 558. The van der Waals surface area contributed by atoms with Crippen molar-refractivity contribution in [2.75, 3.05) is 14.1 Å². The van der Waals surface area contributed by atoms with Gasteiger partial charge >= 0.3 is 0 Å². The van der Waals surface area contributed by atoms with E-state index in [4.69, 9.17) is 4.74 Å². The van der Waals surface area contributed by atoms with Gasteiger partial charge < -0.3 is 10.1 Å². The molecule has 0 aliphatic carbocycles. The van der Waals surface area contributed by atoms with Gasteiger partial charge in [0, 0.05) is 5.56 Å². The van der Waals surface area contributed by atoms with E-state index in [-0.39, 0.29) is 5.82 Å². The Hall–Kier alpha value is -1.94. The first kappa shape index (κ1) is 13.5. The number of halogens is 1. The lowest BCUT2D eigenvalue weighted by molar-refractivity contribution is 0.468. The first-order valence-electron chi connectivity index (χ1n) is 6.23. The highest BCUT2D eigenvalue weighted by Crippen LogP contribution is 2.33.